The van der Waals surface area contributed by atoms with Crippen molar-refractivity contribution in [1.29, 1.82) is 0 Å². The summed E-state index contributed by atoms with van der Waals surface area (Å²) in [6, 6.07) is 9.96. The number of aromatic nitrogens is 2. The number of carbonyl (C=O) groups is 1. The Hall–Kier alpha value is -2.30. The molecule has 1 amide bonds. The van der Waals surface area contributed by atoms with E-state index in [1.807, 2.05) is 31.2 Å². The van der Waals surface area contributed by atoms with E-state index < -0.39 is 0 Å². The van der Waals surface area contributed by atoms with Gasteiger partial charge < -0.3 is 10.1 Å². The molecule has 1 aliphatic heterocycles. The first-order valence-electron chi connectivity index (χ1n) is 7.18. The van der Waals surface area contributed by atoms with Gasteiger partial charge in [-0.25, -0.2) is 0 Å². The number of ether oxygens (including phenoxy) is 1. The Kier molecular flexibility index (Phi) is 3.90. The first-order chi connectivity index (χ1) is 10.2. The van der Waals surface area contributed by atoms with Crippen molar-refractivity contribution < 1.29 is 9.53 Å². The van der Waals surface area contributed by atoms with Crippen LogP contribution in [0, 0.1) is 12.8 Å². The molecule has 0 fully saturated rings. The molecule has 1 N–H and O–H groups in total. The third kappa shape index (κ3) is 3.24. The van der Waals surface area contributed by atoms with Crippen LogP contribution in [0.5, 0.6) is 5.75 Å². The van der Waals surface area contributed by atoms with E-state index in [2.05, 4.69) is 16.5 Å². The number of para-hydroxylation sites is 1. The van der Waals surface area contributed by atoms with Crippen LogP contribution in [0.3, 0.4) is 0 Å². The van der Waals surface area contributed by atoms with Gasteiger partial charge in [-0.15, -0.1) is 0 Å². The third-order valence-electron chi connectivity index (χ3n) is 3.77. The summed E-state index contributed by atoms with van der Waals surface area (Å²) in [5.41, 5.74) is 2.20. The van der Waals surface area contributed by atoms with Crippen LogP contribution in [-0.4, -0.2) is 28.8 Å². The van der Waals surface area contributed by atoms with Crippen molar-refractivity contribution in [2.24, 2.45) is 5.92 Å². The second kappa shape index (κ2) is 5.99. The van der Waals surface area contributed by atoms with Gasteiger partial charge in [0.25, 0.3) is 0 Å². The normalized spacial score (nSPS) is 16.9. The molecule has 110 valence electrons. The Labute approximate surface area is 123 Å². The molecular formula is C16H19N3O2. The molecular weight excluding hydrogens is 266 g/mol. The van der Waals surface area contributed by atoms with E-state index in [1.54, 1.807) is 10.9 Å². The minimum atomic E-state index is -0.0133. The lowest BCUT2D eigenvalue weighted by molar-refractivity contribution is -0.122. The maximum atomic E-state index is 11.9. The van der Waals surface area contributed by atoms with Crippen molar-refractivity contribution in [3.05, 3.63) is 47.8 Å². The summed E-state index contributed by atoms with van der Waals surface area (Å²) in [6.07, 6.45) is 2.64. The highest BCUT2D eigenvalue weighted by atomic mass is 16.5. The van der Waals surface area contributed by atoms with Crippen LogP contribution >= 0.6 is 0 Å². The van der Waals surface area contributed by atoms with Gasteiger partial charge in [-0.2, -0.15) is 5.10 Å². The summed E-state index contributed by atoms with van der Waals surface area (Å²) >= 11 is 0. The first-order valence-corrected chi connectivity index (χ1v) is 7.18. The number of hydrogen-bond acceptors (Lipinski definition) is 3. The minimum absolute atomic E-state index is 0.0133. The average molecular weight is 285 g/mol. The topological polar surface area (TPSA) is 56.2 Å². The lowest BCUT2D eigenvalue weighted by Gasteiger charge is -2.25. The smallest absolute Gasteiger partial charge is 0.241 e. The summed E-state index contributed by atoms with van der Waals surface area (Å²) in [7, 11) is 0. The Morgan fingerprint density at radius 2 is 2.29 bits per heavy atom. The third-order valence-corrected chi connectivity index (χ3v) is 3.77. The number of benzene rings is 1. The zero-order valence-corrected chi connectivity index (χ0v) is 12.1. The van der Waals surface area contributed by atoms with Crippen molar-refractivity contribution in [3.63, 3.8) is 0 Å². The van der Waals surface area contributed by atoms with Crippen LogP contribution in [0.1, 0.15) is 11.3 Å². The summed E-state index contributed by atoms with van der Waals surface area (Å²) in [6.45, 7) is 3.49. The summed E-state index contributed by atoms with van der Waals surface area (Å²) in [5.74, 6) is 1.27. The molecule has 1 aromatic heterocycles. The van der Waals surface area contributed by atoms with E-state index >= 15 is 0 Å². The van der Waals surface area contributed by atoms with Gasteiger partial charge in [0.15, 0.2) is 0 Å². The number of nitrogens with one attached hydrogen (secondary N) is 1. The Morgan fingerprint density at radius 1 is 1.43 bits per heavy atom. The maximum Gasteiger partial charge on any atom is 0.241 e. The van der Waals surface area contributed by atoms with Crippen LogP contribution in [0.2, 0.25) is 0 Å². The molecule has 1 aromatic carbocycles. The van der Waals surface area contributed by atoms with Gasteiger partial charge in [0, 0.05) is 24.4 Å². The Morgan fingerprint density at radius 3 is 3.10 bits per heavy atom. The molecule has 5 nitrogen and oxygen atoms in total. The molecule has 2 aromatic rings. The molecule has 0 spiro atoms. The van der Waals surface area contributed by atoms with Crippen LogP contribution in [0.25, 0.3) is 0 Å². The second-order valence-electron chi connectivity index (χ2n) is 5.42. The molecule has 0 saturated heterocycles. The summed E-state index contributed by atoms with van der Waals surface area (Å²) < 4.78 is 7.42. The van der Waals surface area contributed by atoms with Gasteiger partial charge in [-0.1, -0.05) is 18.2 Å². The monoisotopic (exact) mass is 285 g/mol. The van der Waals surface area contributed by atoms with E-state index in [-0.39, 0.29) is 12.5 Å². The molecule has 0 unspecified atom stereocenters. The molecule has 0 bridgehead atoms. The number of carbonyl (C=O) groups excluding carboxylic acids is 1. The number of fused-ring (bicyclic) bond motifs is 1. The van der Waals surface area contributed by atoms with Crippen molar-refractivity contribution in [2.75, 3.05) is 13.2 Å². The molecule has 5 heteroatoms. The van der Waals surface area contributed by atoms with Gasteiger partial charge in [0.05, 0.1) is 6.61 Å². The van der Waals surface area contributed by atoms with Gasteiger partial charge in [-0.3, -0.25) is 9.48 Å². The molecule has 0 aliphatic carbocycles. The number of aryl methyl sites for hydroxylation is 1. The standard InChI is InChI=1S/C16H19N3O2/c1-12-6-7-18-19(12)10-16(20)17-9-13-8-14-4-2-3-5-15(14)21-11-13/h2-7,13H,8-11H2,1H3,(H,17,20)/t13-/m0/s1. The highest BCUT2D eigenvalue weighted by molar-refractivity contribution is 5.75. The zero-order valence-electron chi connectivity index (χ0n) is 12.1. The first kappa shape index (κ1) is 13.7. The second-order valence-corrected chi connectivity index (χ2v) is 5.42. The van der Waals surface area contributed by atoms with Crippen molar-refractivity contribution in [2.45, 2.75) is 19.9 Å². The van der Waals surface area contributed by atoms with Gasteiger partial charge >= 0.3 is 0 Å². The van der Waals surface area contributed by atoms with E-state index in [0.717, 1.165) is 17.9 Å². The number of hydrogen-bond donors (Lipinski definition) is 1. The van der Waals surface area contributed by atoms with Crippen molar-refractivity contribution in [1.82, 2.24) is 15.1 Å². The van der Waals surface area contributed by atoms with Gasteiger partial charge in [-0.05, 0) is 31.0 Å². The fraction of sp³-hybridized carbons (Fsp3) is 0.375. The lowest BCUT2D eigenvalue weighted by atomic mass is 9.97. The molecule has 2 heterocycles. The molecule has 21 heavy (non-hydrogen) atoms. The molecule has 1 aliphatic rings. The fourth-order valence-corrected chi connectivity index (χ4v) is 2.54. The predicted molar refractivity (Wildman–Crippen MR) is 79.1 cm³/mol. The van der Waals surface area contributed by atoms with Crippen LogP contribution in [0.4, 0.5) is 0 Å². The van der Waals surface area contributed by atoms with Gasteiger partial charge in [0.2, 0.25) is 5.91 Å². The van der Waals surface area contributed by atoms with E-state index in [4.69, 9.17) is 4.74 Å². The molecule has 0 radical (unpaired) electrons. The summed E-state index contributed by atoms with van der Waals surface area (Å²) in [5, 5.41) is 7.08. The quantitative estimate of drug-likeness (QED) is 0.927. The van der Waals surface area contributed by atoms with E-state index in [1.165, 1.54) is 5.56 Å². The molecule has 1 atom stereocenters. The van der Waals surface area contributed by atoms with E-state index in [9.17, 15) is 4.79 Å². The average Bonchev–Trinajstić information content (AvgIpc) is 2.90. The molecule has 0 saturated carbocycles. The summed E-state index contributed by atoms with van der Waals surface area (Å²) in [4.78, 5) is 11.9. The largest absolute Gasteiger partial charge is 0.493 e. The van der Waals surface area contributed by atoms with Crippen molar-refractivity contribution >= 4 is 5.91 Å². The van der Waals surface area contributed by atoms with E-state index in [0.29, 0.717) is 19.1 Å². The predicted octanol–water partition coefficient (Wildman–Crippen LogP) is 1.56. The molecule has 3 rings (SSSR count). The van der Waals surface area contributed by atoms with Crippen LogP contribution < -0.4 is 10.1 Å². The highest BCUT2D eigenvalue weighted by Crippen LogP contribution is 2.26. The van der Waals surface area contributed by atoms with Crippen molar-refractivity contribution in [3.8, 4) is 5.75 Å². The lowest BCUT2D eigenvalue weighted by Crippen LogP contribution is -2.36. The highest BCUT2D eigenvalue weighted by Gasteiger charge is 2.20. The van der Waals surface area contributed by atoms with Gasteiger partial charge in [0.1, 0.15) is 12.3 Å². The fourth-order valence-electron chi connectivity index (χ4n) is 2.54. The van der Waals surface area contributed by atoms with Crippen LogP contribution in [0.15, 0.2) is 36.5 Å². The maximum absolute atomic E-state index is 11.9. The van der Waals surface area contributed by atoms with Crippen LogP contribution in [-0.2, 0) is 17.8 Å². The Balaban J connectivity index is 1.50. The number of nitrogens with zero attached hydrogens (tertiary/aromatic N) is 2. The number of amides is 1. The Bertz CT molecular complexity index is 636. The zero-order chi connectivity index (χ0) is 14.7. The minimum Gasteiger partial charge on any atom is -0.493 e. The number of rotatable bonds is 4. The SMILES string of the molecule is Cc1ccnn1CC(=O)NC[C@H]1COc2ccccc2C1.